The molecular weight excluding hydrogens is 226 g/mol. The molecule has 0 saturated heterocycles. The van der Waals surface area contributed by atoms with Gasteiger partial charge in [0, 0.05) is 18.7 Å². The number of benzene rings is 1. The molecular formula is C15H23NO2. The summed E-state index contributed by atoms with van der Waals surface area (Å²) in [6, 6.07) is 8.44. The monoisotopic (exact) mass is 249 g/mol. The summed E-state index contributed by atoms with van der Waals surface area (Å²) >= 11 is 0. The van der Waals surface area contributed by atoms with Crippen molar-refractivity contribution in [1.29, 1.82) is 0 Å². The summed E-state index contributed by atoms with van der Waals surface area (Å²) in [5.74, 6) is 2.64. The van der Waals surface area contributed by atoms with E-state index in [9.17, 15) is 0 Å². The van der Waals surface area contributed by atoms with Crippen LogP contribution < -0.4 is 14.8 Å². The average molecular weight is 249 g/mol. The molecule has 1 aliphatic rings. The Hall–Kier alpha value is -1.22. The van der Waals surface area contributed by atoms with Gasteiger partial charge >= 0.3 is 0 Å². The van der Waals surface area contributed by atoms with Gasteiger partial charge in [0.15, 0.2) is 0 Å². The molecule has 100 valence electrons. The van der Waals surface area contributed by atoms with Crippen LogP contribution >= 0.6 is 0 Å². The van der Waals surface area contributed by atoms with Crippen molar-refractivity contribution in [3.63, 3.8) is 0 Å². The van der Waals surface area contributed by atoms with Crippen LogP contribution in [0.3, 0.4) is 0 Å². The highest BCUT2D eigenvalue weighted by atomic mass is 16.5. The van der Waals surface area contributed by atoms with E-state index in [2.05, 4.69) is 12.2 Å². The summed E-state index contributed by atoms with van der Waals surface area (Å²) in [4.78, 5) is 0. The lowest BCUT2D eigenvalue weighted by molar-refractivity contribution is 0.298. The van der Waals surface area contributed by atoms with Crippen LogP contribution in [0.5, 0.6) is 11.5 Å². The molecule has 0 aliphatic heterocycles. The fourth-order valence-electron chi connectivity index (χ4n) is 2.04. The first-order valence-corrected chi connectivity index (χ1v) is 6.88. The van der Waals surface area contributed by atoms with Gasteiger partial charge in [0.1, 0.15) is 18.1 Å². The molecule has 3 heteroatoms. The molecule has 3 nitrogen and oxygen atoms in total. The van der Waals surface area contributed by atoms with Gasteiger partial charge in [-0.1, -0.05) is 6.07 Å². The van der Waals surface area contributed by atoms with Crippen molar-refractivity contribution >= 4 is 0 Å². The molecule has 2 rings (SSSR count). The van der Waals surface area contributed by atoms with Crippen molar-refractivity contribution in [2.75, 3.05) is 19.8 Å². The van der Waals surface area contributed by atoms with Crippen LogP contribution in [0.4, 0.5) is 0 Å². The van der Waals surface area contributed by atoms with Crippen LogP contribution in [0.25, 0.3) is 0 Å². The zero-order valence-corrected chi connectivity index (χ0v) is 11.3. The number of ether oxygens (including phenoxy) is 2. The van der Waals surface area contributed by atoms with Gasteiger partial charge in [0.05, 0.1) is 6.61 Å². The fraction of sp³-hybridized carbons (Fsp3) is 0.600. The maximum absolute atomic E-state index is 5.70. The van der Waals surface area contributed by atoms with Crippen LogP contribution in [0.2, 0.25) is 0 Å². The van der Waals surface area contributed by atoms with Crippen molar-refractivity contribution in [3.05, 3.63) is 24.3 Å². The molecule has 1 aliphatic carbocycles. The van der Waals surface area contributed by atoms with E-state index in [0.717, 1.165) is 24.0 Å². The molecule has 1 atom stereocenters. The van der Waals surface area contributed by atoms with Crippen molar-refractivity contribution in [3.8, 4) is 11.5 Å². The molecule has 0 bridgehead atoms. The predicted octanol–water partition coefficient (Wildman–Crippen LogP) is 2.85. The zero-order valence-electron chi connectivity index (χ0n) is 11.3. The number of rotatable bonds is 8. The molecule has 0 spiro atoms. The van der Waals surface area contributed by atoms with Gasteiger partial charge in [0.2, 0.25) is 0 Å². The highest BCUT2D eigenvalue weighted by Crippen LogP contribution is 2.32. The first-order valence-electron chi connectivity index (χ1n) is 6.88. The van der Waals surface area contributed by atoms with E-state index in [4.69, 9.17) is 9.47 Å². The molecule has 0 amide bonds. The maximum atomic E-state index is 5.70. The van der Waals surface area contributed by atoms with Gasteiger partial charge in [-0.2, -0.15) is 0 Å². The highest BCUT2D eigenvalue weighted by molar-refractivity contribution is 5.32. The SMILES string of the molecule is CCOc1cccc(OCCNC(C)C2CC2)c1. The molecule has 1 aromatic carbocycles. The standard InChI is InChI=1S/C15H23NO2/c1-3-17-14-5-4-6-15(11-14)18-10-9-16-12(2)13-7-8-13/h4-6,11-13,16H,3,7-10H2,1-2H3. The first kappa shape index (κ1) is 13.2. The first-order chi connectivity index (χ1) is 8.79. The third kappa shape index (κ3) is 4.22. The van der Waals surface area contributed by atoms with E-state index < -0.39 is 0 Å². The minimum atomic E-state index is 0.628. The smallest absolute Gasteiger partial charge is 0.123 e. The van der Waals surface area contributed by atoms with Crippen LogP contribution in [-0.4, -0.2) is 25.8 Å². The van der Waals surface area contributed by atoms with Crippen molar-refractivity contribution in [1.82, 2.24) is 5.32 Å². The Morgan fingerprint density at radius 2 is 2.00 bits per heavy atom. The largest absolute Gasteiger partial charge is 0.494 e. The summed E-state index contributed by atoms with van der Waals surface area (Å²) in [7, 11) is 0. The van der Waals surface area contributed by atoms with Crippen molar-refractivity contribution in [2.45, 2.75) is 32.7 Å². The number of nitrogens with one attached hydrogen (secondary N) is 1. The second-order valence-electron chi connectivity index (χ2n) is 4.84. The molecule has 1 aromatic rings. The van der Waals surface area contributed by atoms with Gasteiger partial charge < -0.3 is 14.8 Å². The third-order valence-corrected chi connectivity index (χ3v) is 3.28. The molecule has 0 aromatic heterocycles. The zero-order chi connectivity index (χ0) is 12.8. The van der Waals surface area contributed by atoms with Crippen LogP contribution in [-0.2, 0) is 0 Å². The topological polar surface area (TPSA) is 30.5 Å². The van der Waals surface area contributed by atoms with E-state index in [-0.39, 0.29) is 0 Å². The summed E-state index contributed by atoms with van der Waals surface area (Å²) in [6.07, 6.45) is 2.76. The van der Waals surface area contributed by atoms with Gasteiger partial charge in [-0.25, -0.2) is 0 Å². The average Bonchev–Trinajstić information content (AvgIpc) is 3.19. The Kier molecular flexibility index (Phi) is 4.88. The van der Waals surface area contributed by atoms with Gasteiger partial charge in [-0.05, 0) is 44.7 Å². The van der Waals surface area contributed by atoms with Crippen molar-refractivity contribution < 1.29 is 9.47 Å². The lowest BCUT2D eigenvalue weighted by atomic mass is 10.2. The Morgan fingerprint density at radius 3 is 2.67 bits per heavy atom. The van der Waals surface area contributed by atoms with Crippen LogP contribution in [0.1, 0.15) is 26.7 Å². The Balaban J connectivity index is 1.67. The summed E-state index contributed by atoms with van der Waals surface area (Å²) < 4.78 is 11.1. The van der Waals surface area contributed by atoms with Crippen LogP contribution in [0.15, 0.2) is 24.3 Å². The highest BCUT2D eigenvalue weighted by Gasteiger charge is 2.27. The minimum absolute atomic E-state index is 0.628. The van der Waals surface area contributed by atoms with E-state index in [0.29, 0.717) is 19.3 Å². The quantitative estimate of drug-likeness (QED) is 0.719. The molecule has 1 N–H and O–H groups in total. The summed E-state index contributed by atoms with van der Waals surface area (Å²) in [5, 5.41) is 3.50. The van der Waals surface area contributed by atoms with Gasteiger partial charge in [0.25, 0.3) is 0 Å². The predicted molar refractivity (Wildman–Crippen MR) is 73.3 cm³/mol. The van der Waals surface area contributed by atoms with E-state index >= 15 is 0 Å². The lowest BCUT2D eigenvalue weighted by Crippen LogP contribution is -2.31. The summed E-state index contributed by atoms with van der Waals surface area (Å²) in [5.41, 5.74) is 0. The molecule has 1 fully saturated rings. The molecule has 1 unspecified atom stereocenters. The van der Waals surface area contributed by atoms with E-state index in [1.54, 1.807) is 0 Å². The molecule has 1 saturated carbocycles. The minimum Gasteiger partial charge on any atom is -0.494 e. The Labute approximate surface area is 109 Å². The summed E-state index contributed by atoms with van der Waals surface area (Å²) in [6.45, 7) is 6.52. The Bertz CT molecular complexity index is 363. The van der Waals surface area contributed by atoms with Gasteiger partial charge in [-0.15, -0.1) is 0 Å². The van der Waals surface area contributed by atoms with E-state index in [1.165, 1.54) is 12.8 Å². The lowest BCUT2D eigenvalue weighted by Gasteiger charge is -2.13. The fourth-order valence-corrected chi connectivity index (χ4v) is 2.04. The molecule has 0 heterocycles. The Morgan fingerprint density at radius 1 is 1.28 bits per heavy atom. The maximum Gasteiger partial charge on any atom is 0.123 e. The van der Waals surface area contributed by atoms with Crippen LogP contribution in [0, 0.1) is 5.92 Å². The molecule has 0 radical (unpaired) electrons. The third-order valence-electron chi connectivity index (χ3n) is 3.28. The second kappa shape index (κ2) is 6.64. The number of hydrogen-bond donors (Lipinski definition) is 1. The van der Waals surface area contributed by atoms with Crippen molar-refractivity contribution in [2.24, 2.45) is 5.92 Å². The normalized spacial score (nSPS) is 16.3. The second-order valence-corrected chi connectivity index (χ2v) is 4.84. The molecule has 18 heavy (non-hydrogen) atoms. The van der Waals surface area contributed by atoms with Gasteiger partial charge in [-0.3, -0.25) is 0 Å². The van der Waals surface area contributed by atoms with E-state index in [1.807, 2.05) is 31.2 Å². The number of hydrogen-bond acceptors (Lipinski definition) is 3.